The molecule has 0 radical (unpaired) electrons. The number of carbonyl (C=O) groups excluding carboxylic acids is 2. The third-order valence-corrected chi connectivity index (χ3v) is 12.6. The van der Waals surface area contributed by atoms with Crippen LogP contribution < -0.4 is 18.9 Å². The molecule has 6 aromatic rings. The molecule has 10 rings (SSSR count). The molecule has 296 valence electrons. The lowest BCUT2D eigenvalue weighted by Gasteiger charge is -2.35. The molecule has 4 aliphatic heterocycles. The summed E-state index contributed by atoms with van der Waals surface area (Å²) < 4.78 is 23.7. The predicted octanol–water partition coefficient (Wildman–Crippen LogP) is 6.64. The largest absolute Gasteiger partial charge is 0.473 e. The number of carbonyl (C=O) groups is 2. The summed E-state index contributed by atoms with van der Waals surface area (Å²) in [6.07, 6.45) is 14.5. The van der Waals surface area contributed by atoms with Gasteiger partial charge in [0.2, 0.25) is 11.8 Å². The molecule has 4 bridgehead atoms. The van der Waals surface area contributed by atoms with Gasteiger partial charge in [-0.05, 0) is 102 Å². The van der Waals surface area contributed by atoms with Gasteiger partial charge in [-0.2, -0.15) is 0 Å². The molecule has 2 aromatic carbocycles. The normalized spacial score (nSPS) is 24.4. The number of fused-ring (bicyclic) bond motifs is 6. The monoisotopic (exact) mass is 780 g/mol. The van der Waals surface area contributed by atoms with Crippen molar-refractivity contribution in [2.24, 2.45) is 0 Å². The maximum Gasteiger partial charge on any atom is 0.336 e. The van der Waals surface area contributed by atoms with Gasteiger partial charge in [-0.3, -0.25) is 0 Å². The van der Waals surface area contributed by atoms with Crippen molar-refractivity contribution in [3.05, 3.63) is 85.2 Å². The second kappa shape index (κ2) is 15.0. The summed E-state index contributed by atoms with van der Waals surface area (Å²) in [6, 6.07) is 21.2. The molecule has 4 aromatic heterocycles. The summed E-state index contributed by atoms with van der Waals surface area (Å²) in [5.74, 6) is 0.191. The number of aromatic amines is 2. The molecule has 4 aliphatic rings. The quantitative estimate of drug-likeness (QED) is 0.113. The van der Waals surface area contributed by atoms with E-state index in [1.165, 1.54) is 25.7 Å². The SMILES string of the molecule is CN1C2CCC1CC(Oc1ccc(-c3ccc4[nH]cc(OC(=O)/C=C/C(=O)Oc5c[nH]c6ccc(-c7ccc(OC8CC9CCC(C8)N9C)nn7)cc56)c4c3)nn1)C2. The van der Waals surface area contributed by atoms with Gasteiger partial charge in [0.25, 0.3) is 0 Å². The Balaban J connectivity index is 0.756. The number of nitrogens with zero attached hydrogens (tertiary/aromatic N) is 6. The van der Waals surface area contributed by atoms with Gasteiger partial charge in [-0.1, -0.05) is 12.1 Å². The zero-order valence-electron chi connectivity index (χ0n) is 32.3. The number of hydrogen-bond donors (Lipinski definition) is 2. The minimum atomic E-state index is -0.734. The summed E-state index contributed by atoms with van der Waals surface area (Å²) in [5, 5.41) is 18.9. The Morgan fingerprint density at radius 1 is 0.586 bits per heavy atom. The van der Waals surface area contributed by atoms with E-state index in [1.807, 2.05) is 60.7 Å². The molecule has 4 fully saturated rings. The standard InChI is InChI=1S/C44H44N8O6/c1-51-27-5-6-28(51)20-31(19-27)55-41-13-11-35(47-49-41)25-3-9-37-33(17-25)39(23-45-37)57-43(53)15-16-44(54)58-40-24-46-38-10-4-26(18-34(38)40)36-12-14-42(50-48-36)56-32-21-29-7-8-30(22-32)52(29)2/h3-4,9-18,23-24,27-32,45-46H,5-8,19-22H2,1-2H3/b16-15+. The Labute approximate surface area is 334 Å². The molecule has 58 heavy (non-hydrogen) atoms. The summed E-state index contributed by atoms with van der Waals surface area (Å²) >= 11 is 0. The van der Waals surface area contributed by atoms with E-state index in [2.05, 4.69) is 54.3 Å². The fraction of sp³-hybridized carbons (Fsp3) is 0.364. The van der Waals surface area contributed by atoms with Crippen LogP contribution in [0.2, 0.25) is 0 Å². The van der Waals surface area contributed by atoms with Crippen LogP contribution in [0.25, 0.3) is 44.3 Å². The lowest BCUT2D eigenvalue weighted by atomic mass is 10.0. The fourth-order valence-electron chi connectivity index (χ4n) is 9.43. The number of nitrogens with one attached hydrogen (secondary N) is 2. The van der Waals surface area contributed by atoms with Crippen LogP contribution in [0.3, 0.4) is 0 Å². The summed E-state index contributed by atoms with van der Waals surface area (Å²) in [7, 11) is 4.42. The van der Waals surface area contributed by atoms with Crippen LogP contribution >= 0.6 is 0 Å². The average Bonchev–Trinajstić information content (AvgIpc) is 3.92. The Morgan fingerprint density at radius 3 is 1.38 bits per heavy atom. The molecule has 4 atom stereocenters. The highest BCUT2D eigenvalue weighted by atomic mass is 16.5. The van der Waals surface area contributed by atoms with E-state index in [0.717, 1.165) is 60.0 Å². The number of H-pyrrole nitrogens is 2. The highest BCUT2D eigenvalue weighted by Crippen LogP contribution is 2.38. The molecule has 0 saturated carbocycles. The van der Waals surface area contributed by atoms with E-state index in [9.17, 15) is 9.59 Å². The summed E-state index contributed by atoms with van der Waals surface area (Å²) in [4.78, 5) is 37.0. The van der Waals surface area contributed by atoms with Crippen molar-refractivity contribution in [3.8, 4) is 45.8 Å². The van der Waals surface area contributed by atoms with Gasteiger partial charge in [0, 0.05) is 93.8 Å². The molecular weight excluding hydrogens is 737 g/mol. The molecule has 4 unspecified atom stereocenters. The smallest absolute Gasteiger partial charge is 0.336 e. The van der Waals surface area contributed by atoms with E-state index < -0.39 is 11.9 Å². The van der Waals surface area contributed by atoms with Crippen LogP contribution in [0.15, 0.2) is 85.2 Å². The number of benzene rings is 2. The number of rotatable bonds is 10. The lowest BCUT2D eigenvalue weighted by molar-refractivity contribution is -0.131. The molecular formula is C44H44N8O6. The molecule has 0 spiro atoms. The molecule has 2 N–H and O–H groups in total. The Bertz CT molecular complexity index is 2310. The van der Waals surface area contributed by atoms with E-state index in [4.69, 9.17) is 18.9 Å². The van der Waals surface area contributed by atoms with Crippen molar-refractivity contribution in [2.45, 2.75) is 87.7 Å². The van der Waals surface area contributed by atoms with Crippen LogP contribution in [0, 0.1) is 0 Å². The van der Waals surface area contributed by atoms with Crippen molar-refractivity contribution in [3.63, 3.8) is 0 Å². The third-order valence-electron chi connectivity index (χ3n) is 12.6. The van der Waals surface area contributed by atoms with Crippen molar-refractivity contribution < 1.29 is 28.5 Å². The molecule has 14 heteroatoms. The van der Waals surface area contributed by atoms with Gasteiger partial charge in [-0.15, -0.1) is 20.4 Å². The second-order valence-electron chi connectivity index (χ2n) is 16.0. The van der Waals surface area contributed by atoms with Crippen LogP contribution in [0.4, 0.5) is 0 Å². The molecule has 0 aliphatic carbocycles. The van der Waals surface area contributed by atoms with Crippen LogP contribution in [-0.4, -0.2) is 103 Å². The lowest BCUT2D eigenvalue weighted by Crippen LogP contribution is -2.43. The topological polar surface area (TPSA) is 161 Å². The van der Waals surface area contributed by atoms with Crippen molar-refractivity contribution in [1.82, 2.24) is 40.2 Å². The number of ether oxygens (including phenoxy) is 4. The highest BCUT2D eigenvalue weighted by molar-refractivity contribution is 5.98. The first-order valence-corrected chi connectivity index (χ1v) is 20.1. The highest BCUT2D eigenvalue weighted by Gasteiger charge is 2.40. The van der Waals surface area contributed by atoms with E-state index in [-0.39, 0.29) is 12.2 Å². The minimum Gasteiger partial charge on any atom is -0.473 e. The van der Waals surface area contributed by atoms with E-state index in [1.54, 1.807) is 12.4 Å². The van der Waals surface area contributed by atoms with Crippen molar-refractivity contribution >= 4 is 33.7 Å². The first-order chi connectivity index (χ1) is 28.3. The van der Waals surface area contributed by atoms with Crippen molar-refractivity contribution in [1.29, 1.82) is 0 Å². The number of aromatic nitrogens is 6. The van der Waals surface area contributed by atoms with Gasteiger partial charge >= 0.3 is 11.9 Å². The Hall–Kier alpha value is -6.12. The second-order valence-corrected chi connectivity index (χ2v) is 16.0. The maximum absolute atomic E-state index is 12.9. The first-order valence-electron chi connectivity index (χ1n) is 20.1. The van der Waals surface area contributed by atoms with Crippen LogP contribution in [0.5, 0.6) is 23.3 Å². The fourth-order valence-corrected chi connectivity index (χ4v) is 9.43. The van der Waals surface area contributed by atoms with Gasteiger partial charge < -0.3 is 38.7 Å². The number of esters is 2. The van der Waals surface area contributed by atoms with Gasteiger partial charge in [-0.25, -0.2) is 9.59 Å². The van der Waals surface area contributed by atoms with Gasteiger partial charge in [0.1, 0.15) is 12.2 Å². The van der Waals surface area contributed by atoms with Gasteiger partial charge in [0.15, 0.2) is 11.5 Å². The van der Waals surface area contributed by atoms with E-state index >= 15 is 0 Å². The maximum atomic E-state index is 12.9. The third kappa shape index (κ3) is 7.17. The summed E-state index contributed by atoms with van der Waals surface area (Å²) in [6.45, 7) is 0. The minimum absolute atomic E-state index is 0.148. The first kappa shape index (κ1) is 36.2. The molecule has 8 heterocycles. The van der Waals surface area contributed by atoms with Gasteiger partial charge in [0.05, 0.1) is 11.4 Å². The van der Waals surface area contributed by atoms with Crippen LogP contribution in [-0.2, 0) is 9.59 Å². The number of hydrogen-bond acceptors (Lipinski definition) is 12. The van der Waals surface area contributed by atoms with Crippen LogP contribution in [0.1, 0.15) is 51.4 Å². The molecule has 4 saturated heterocycles. The zero-order valence-corrected chi connectivity index (χ0v) is 32.3. The number of piperidine rings is 2. The summed E-state index contributed by atoms with van der Waals surface area (Å²) in [5.41, 5.74) is 4.46. The molecule has 0 amide bonds. The molecule has 14 nitrogen and oxygen atoms in total. The predicted molar refractivity (Wildman–Crippen MR) is 216 cm³/mol. The zero-order chi connectivity index (χ0) is 39.3. The average molecular weight is 781 g/mol. The Morgan fingerprint density at radius 2 is 1.00 bits per heavy atom. The van der Waals surface area contributed by atoms with E-state index in [0.29, 0.717) is 69.6 Å². The van der Waals surface area contributed by atoms with Crippen molar-refractivity contribution in [2.75, 3.05) is 14.1 Å². The Kier molecular flexibility index (Phi) is 9.37.